The molecule has 18 heavy (non-hydrogen) atoms. The van der Waals surface area contributed by atoms with Gasteiger partial charge in [0.1, 0.15) is 0 Å². The normalized spacial score (nSPS) is 25.8. The third-order valence-corrected chi connectivity index (χ3v) is 4.48. The second-order valence-electron chi connectivity index (χ2n) is 6.02. The molecule has 1 saturated heterocycles. The highest BCUT2D eigenvalue weighted by Crippen LogP contribution is 2.17. The van der Waals surface area contributed by atoms with Crippen LogP contribution in [0.15, 0.2) is 0 Å². The lowest BCUT2D eigenvalue weighted by Gasteiger charge is -2.41. The van der Waals surface area contributed by atoms with Crippen LogP contribution in [0.25, 0.3) is 0 Å². The average Bonchev–Trinajstić information content (AvgIpc) is 2.32. The minimum Gasteiger partial charge on any atom is -0.311 e. The molecule has 1 aliphatic heterocycles. The third-order valence-electron chi connectivity index (χ3n) is 3.79. The maximum atomic E-state index is 3.76. The van der Waals surface area contributed by atoms with Crippen molar-refractivity contribution in [2.24, 2.45) is 5.92 Å². The number of hydrogen-bond acceptors (Lipinski definition) is 3. The number of nitrogens with one attached hydrogen (secondary N) is 1. The Balaban J connectivity index is 2.41. The fourth-order valence-corrected chi connectivity index (χ4v) is 3.38. The summed E-state index contributed by atoms with van der Waals surface area (Å²) in [4.78, 5) is 2.75. The number of thioether (sulfide) groups is 1. The zero-order chi connectivity index (χ0) is 13.4. The highest BCUT2D eigenvalue weighted by atomic mass is 32.2. The second-order valence-corrected chi connectivity index (χ2v) is 7.00. The van der Waals surface area contributed by atoms with Crippen molar-refractivity contribution in [1.29, 1.82) is 0 Å². The van der Waals surface area contributed by atoms with Crippen molar-refractivity contribution in [1.82, 2.24) is 10.2 Å². The summed E-state index contributed by atoms with van der Waals surface area (Å²) in [5, 5.41) is 3.76. The van der Waals surface area contributed by atoms with Crippen LogP contribution in [-0.4, -0.2) is 48.6 Å². The lowest BCUT2D eigenvalue weighted by Crippen LogP contribution is -2.56. The number of hydrogen-bond donors (Lipinski definition) is 1. The molecule has 0 aromatic heterocycles. The van der Waals surface area contributed by atoms with Crippen LogP contribution in [0.3, 0.4) is 0 Å². The fraction of sp³-hybridized carbons (Fsp3) is 1.00. The first-order valence-corrected chi connectivity index (χ1v) is 9.03. The quantitative estimate of drug-likeness (QED) is 0.683. The van der Waals surface area contributed by atoms with Crippen LogP contribution in [0.2, 0.25) is 0 Å². The summed E-state index contributed by atoms with van der Waals surface area (Å²) < 4.78 is 0. The van der Waals surface area contributed by atoms with Crippen molar-refractivity contribution in [3.63, 3.8) is 0 Å². The van der Waals surface area contributed by atoms with Gasteiger partial charge in [-0.1, -0.05) is 27.2 Å². The van der Waals surface area contributed by atoms with Gasteiger partial charge in [-0.2, -0.15) is 11.8 Å². The van der Waals surface area contributed by atoms with Gasteiger partial charge in [0.15, 0.2) is 0 Å². The monoisotopic (exact) mass is 272 g/mol. The van der Waals surface area contributed by atoms with Crippen molar-refractivity contribution in [3.05, 3.63) is 0 Å². The Kier molecular flexibility index (Phi) is 8.36. The van der Waals surface area contributed by atoms with Crippen molar-refractivity contribution in [2.75, 3.05) is 31.6 Å². The van der Waals surface area contributed by atoms with Gasteiger partial charge in [-0.25, -0.2) is 0 Å². The highest BCUT2D eigenvalue weighted by molar-refractivity contribution is 7.98. The molecule has 0 spiro atoms. The Bertz CT molecular complexity index is 209. The van der Waals surface area contributed by atoms with E-state index in [0.717, 1.165) is 12.0 Å². The molecule has 1 heterocycles. The molecule has 0 bridgehead atoms. The second kappa shape index (κ2) is 9.22. The lowest BCUT2D eigenvalue weighted by atomic mass is 9.98. The Morgan fingerprint density at radius 2 is 2.17 bits per heavy atom. The molecule has 2 nitrogen and oxygen atoms in total. The highest BCUT2D eigenvalue weighted by Gasteiger charge is 2.26. The van der Waals surface area contributed by atoms with E-state index in [1.807, 2.05) is 11.8 Å². The third kappa shape index (κ3) is 5.94. The van der Waals surface area contributed by atoms with Gasteiger partial charge in [0.05, 0.1) is 0 Å². The summed E-state index contributed by atoms with van der Waals surface area (Å²) in [5.41, 5.74) is 0. The molecule has 108 valence electrons. The minimum atomic E-state index is 0.715. The van der Waals surface area contributed by atoms with Crippen LogP contribution in [0.5, 0.6) is 0 Å². The first-order valence-electron chi connectivity index (χ1n) is 7.63. The molecule has 3 heteroatoms. The average molecular weight is 273 g/mol. The summed E-state index contributed by atoms with van der Waals surface area (Å²) in [5.74, 6) is 2.11. The van der Waals surface area contributed by atoms with Crippen LogP contribution in [0.1, 0.15) is 46.5 Å². The van der Waals surface area contributed by atoms with Gasteiger partial charge < -0.3 is 5.32 Å². The van der Waals surface area contributed by atoms with E-state index in [1.54, 1.807) is 0 Å². The number of piperazine rings is 1. The molecule has 0 aromatic rings. The van der Waals surface area contributed by atoms with Gasteiger partial charge in [0.25, 0.3) is 0 Å². The van der Waals surface area contributed by atoms with Gasteiger partial charge >= 0.3 is 0 Å². The molecule has 1 rings (SSSR count). The predicted octanol–water partition coefficient (Wildman–Crippen LogP) is 3.23. The molecule has 0 aromatic carbocycles. The molecule has 0 saturated carbocycles. The van der Waals surface area contributed by atoms with Crippen molar-refractivity contribution in [2.45, 2.75) is 58.5 Å². The van der Waals surface area contributed by atoms with Gasteiger partial charge in [-0.05, 0) is 43.7 Å². The van der Waals surface area contributed by atoms with Gasteiger partial charge in [-0.15, -0.1) is 0 Å². The van der Waals surface area contributed by atoms with E-state index in [4.69, 9.17) is 0 Å². The van der Waals surface area contributed by atoms with Crippen molar-refractivity contribution >= 4 is 11.8 Å². The number of nitrogens with zero attached hydrogens (tertiary/aromatic N) is 1. The smallest absolute Gasteiger partial charge is 0.0221 e. The first kappa shape index (κ1) is 16.3. The van der Waals surface area contributed by atoms with Crippen LogP contribution >= 0.6 is 11.8 Å². The fourth-order valence-electron chi connectivity index (χ4n) is 2.96. The summed E-state index contributed by atoms with van der Waals surface area (Å²) in [6.07, 6.45) is 7.53. The largest absolute Gasteiger partial charge is 0.311 e. The van der Waals surface area contributed by atoms with Crippen LogP contribution in [-0.2, 0) is 0 Å². The van der Waals surface area contributed by atoms with E-state index < -0.39 is 0 Å². The van der Waals surface area contributed by atoms with Crippen LogP contribution in [0.4, 0.5) is 0 Å². The van der Waals surface area contributed by atoms with E-state index >= 15 is 0 Å². The molecule has 1 fully saturated rings. The maximum Gasteiger partial charge on any atom is 0.0221 e. The summed E-state index contributed by atoms with van der Waals surface area (Å²) >= 11 is 1.97. The zero-order valence-electron chi connectivity index (χ0n) is 12.7. The van der Waals surface area contributed by atoms with Gasteiger partial charge in [0.2, 0.25) is 0 Å². The Hall–Kier alpha value is 0.270. The Labute approximate surface area is 118 Å². The topological polar surface area (TPSA) is 15.3 Å². The van der Waals surface area contributed by atoms with E-state index in [2.05, 4.69) is 37.2 Å². The van der Waals surface area contributed by atoms with Crippen molar-refractivity contribution in [3.8, 4) is 0 Å². The molecule has 1 aliphatic rings. The standard InChI is InChI=1S/C15H32N2S/c1-5-7-15-11-16-14(10-13(2)3)12-17(15)8-6-9-18-4/h13-16H,5-12H2,1-4H3. The zero-order valence-corrected chi connectivity index (χ0v) is 13.6. The first-order chi connectivity index (χ1) is 8.67. The van der Waals surface area contributed by atoms with Crippen molar-refractivity contribution < 1.29 is 0 Å². The van der Waals surface area contributed by atoms with Gasteiger partial charge in [0, 0.05) is 25.2 Å². The predicted molar refractivity (Wildman–Crippen MR) is 84.5 cm³/mol. The van der Waals surface area contributed by atoms with Crippen LogP contribution < -0.4 is 5.32 Å². The van der Waals surface area contributed by atoms with E-state index in [1.165, 1.54) is 51.1 Å². The molecule has 0 aliphatic carbocycles. The summed E-state index contributed by atoms with van der Waals surface area (Å²) in [6, 6.07) is 1.49. The number of rotatable bonds is 8. The molecular weight excluding hydrogens is 240 g/mol. The van der Waals surface area contributed by atoms with E-state index in [-0.39, 0.29) is 0 Å². The lowest BCUT2D eigenvalue weighted by molar-refractivity contribution is 0.115. The molecule has 0 amide bonds. The van der Waals surface area contributed by atoms with Gasteiger partial charge in [-0.3, -0.25) is 4.90 Å². The minimum absolute atomic E-state index is 0.715. The SMILES string of the molecule is CCCC1CNC(CC(C)C)CN1CCCSC. The summed E-state index contributed by atoms with van der Waals surface area (Å²) in [6.45, 7) is 10.7. The molecule has 1 N–H and O–H groups in total. The Morgan fingerprint density at radius 3 is 2.78 bits per heavy atom. The maximum absolute atomic E-state index is 3.76. The molecule has 2 atom stereocenters. The van der Waals surface area contributed by atoms with Crippen LogP contribution in [0, 0.1) is 5.92 Å². The Morgan fingerprint density at radius 1 is 1.39 bits per heavy atom. The molecule has 0 radical (unpaired) electrons. The molecular formula is C15H32N2S. The van der Waals surface area contributed by atoms with E-state index in [0.29, 0.717) is 6.04 Å². The van der Waals surface area contributed by atoms with E-state index in [9.17, 15) is 0 Å². The molecule has 2 unspecified atom stereocenters. The summed E-state index contributed by atoms with van der Waals surface area (Å²) in [7, 11) is 0.